The van der Waals surface area contributed by atoms with Gasteiger partial charge in [0, 0.05) is 28.8 Å². The van der Waals surface area contributed by atoms with Gasteiger partial charge in [-0.25, -0.2) is 4.39 Å². The molecule has 94 valence electrons. The predicted molar refractivity (Wildman–Crippen MR) is 74.8 cm³/mol. The SMILES string of the molecule is Fc1cc(Br)cc(CC2CCn3c2c[nH]c3=S)c1. The van der Waals surface area contributed by atoms with Crippen molar-refractivity contribution in [1.29, 1.82) is 0 Å². The molecule has 0 saturated heterocycles. The number of nitrogens with zero attached hydrogens (tertiary/aromatic N) is 1. The lowest BCUT2D eigenvalue weighted by atomic mass is 9.96. The van der Waals surface area contributed by atoms with Gasteiger partial charge in [0.1, 0.15) is 5.82 Å². The Balaban J connectivity index is 1.88. The third-order valence-electron chi connectivity index (χ3n) is 3.42. The van der Waals surface area contributed by atoms with Gasteiger partial charge >= 0.3 is 0 Å². The summed E-state index contributed by atoms with van der Waals surface area (Å²) in [5, 5.41) is 0. The molecular formula is C13H12BrFN2S. The summed E-state index contributed by atoms with van der Waals surface area (Å²) < 4.78 is 17.1. The zero-order valence-electron chi connectivity index (χ0n) is 9.62. The molecule has 1 aliphatic rings. The molecule has 1 aromatic carbocycles. The standard InChI is InChI=1S/C13H12BrFN2S/c14-10-4-8(5-11(15)6-10)3-9-1-2-17-12(9)7-16-13(17)18/h4-7,9H,1-3H2,(H,16,18). The van der Waals surface area contributed by atoms with Crippen LogP contribution in [-0.2, 0) is 13.0 Å². The molecule has 0 amide bonds. The van der Waals surface area contributed by atoms with Gasteiger partial charge in [0.05, 0.1) is 0 Å². The summed E-state index contributed by atoms with van der Waals surface area (Å²) >= 11 is 8.54. The number of benzene rings is 1. The molecule has 3 rings (SSSR count). The minimum atomic E-state index is -0.191. The second kappa shape index (κ2) is 4.63. The topological polar surface area (TPSA) is 20.7 Å². The number of hydrogen-bond donors (Lipinski definition) is 1. The summed E-state index contributed by atoms with van der Waals surface area (Å²) in [4.78, 5) is 3.07. The van der Waals surface area contributed by atoms with Crippen molar-refractivity contribution in [2.75, 3.05) is 0 Å². The molecule has 0 spiro atoms. The van der Waals surface area contributed by atoms with Gasteiger partial charge in [0.25, 0.3) is 0 Å². The second-order valence-electron chi connectivity index (χ2n) is 4.64. The van der Waals surface area contributed by atoms with Crippen molar-refractivity contribution in [2.45, 2.75) is 25.3 Å². The van der Waals surface area contributed by atoms with E-state index in [1.807, 2.05) is 12.3 Å². The maximum absolute atomic E-state index is 13.3. The van der Waals surface area contributed by atoms with Gasteiger partial charge in [-0.05, 0) is 48.8 Å². The molecule has 18 heavy (non-hydrogen) atoms. The van der Waals surface area contributed by atoms with E-state index in [4.69, 9.17) is 12.2 Å². The van der Waals surface area contributed by atoms with E-state index in [-0.39, 0.29) is 5.82 Å². The van der Waals surface area contributed by atoms with Crippen LogP contribution in [0.4, 0.5) is 4.39 Å². The summed E-state index contributed by atoms with van der Waals surface area (Å²) in [6.07, 6.45) is 3.90. The highest BCUT2D eigenvalue weighted by Gasteiger charge is 2.23. The summed E-state index contributed by atoms with van der Waals surface area (Å²) in [6, 6.07) is 5.07. The number of fused-ring (bicyclic) bond motifs is 1. The molecule has 2 aromatic rings. The summed E-state index contributed by atoms with van der Waals surface area (Å²) in [5.74, 6) is 0.231. The molecule has 0 saturated carbocycles. The second-order valence-corrected chi connectivity index (χ2v) is 5.94. The monoisotopic (exact) mass is 326 g/mol. The van der Waals surface area contributed by atoms with Gasteiger partial charge in [0.15, 0.2) is 4.77 Å². The van der Waals surface area contributed by atoms with Crippen LogP contribution in [0.1, 0.15) is 23.6 Å². The number of nitrogens with one attached hydrogen (secondary N) is 1. The molecule has 0 aliphatic carbocycles. The van der Waals surface area contributed by atoms with Gasteiger partial charge in [-0.2, -0.15) is 0 Å². The molecule has 1 N–H and O–H groups in total. The smallest absolute Gasteiger partial charge is 0.177 e. The van der Waals surface area contributed by atoms with Crippen LogP contribution in [0.3, 0.4) is 0 Å². The average molecular weight is 327 g/mol. The Morgan fingerprint density at radius 3 is 3.06 bits per heavy atom. The Morgan fingerprint density at radius 2 is 2.28 bits per heavy atom. The van der Waals surface area contributed by atoms with Crippen LogP contribution in [0, 0.1) is 10.6 Å². The van der Waals surface area contributed by atoms with Crippen LogP contribution in [-0.4, -0.2) is 9.55 Å². The maximum Gasteiger partial charge on any atom is 0.177 e. The minimum Gasteiger partial charge on any atom is -0.337 e. The van der Waals surface area contributed by atoms with Crippen LogP contribution in [0.2, 0.25) is 0 Å². The number of halogens is 2. The van der Waals surface area contributed by atoms with E-state index in [0.717, 1.165) is 34.2 Å². The minimum absolute atomic E-state index is 0.191. The fourth-order valence-electron chi connectivity index (χ4n) is 2.63. The number of H-pyrrole nitrogens is 1. The van der Waals surface area contributed by atoms with Crippen molar-refractivity contribution in [1.82, 2.24) is 9.55 Å². The molecule has 0 fully saturated rings. The number of rotatable bonds is 2. The van der Waals surface area contributed by atoms with Crippen molar-refractivity contribution < 1.29 is 4.39 Å². The van der Waals surface area contributed by atoms with Crippen LogP contribution < -0.4 is 0 Å². The van der Waals surface area contributed by atoms with Gasteiger partial charge < -0.3 is 9.55 Å². The lowest BCUT2D eigenvalue weighted by Gasteiger charge is -2.09. The Labute approximate surface area is 118 Å². The Kier molecular flexibility index (Phi) is 3.11. The molecule has 1 aliphatic heterocycles. The molecule has 5 heteroatoms. The highest BCUT2D eigenvalue weighted by atomic mass is 79.9. The molecule has 2 nitrogen and oxygen atoms in total. The van der Waals surface area contributed by atoms with Crippen LogP contribution in [0.5, 0.6) is 0 Å². The zero-order valence-corrected chi connectivity index (χ0v) is 12.0. The van der Waals surface area contributed by atoms with E-state index in [1.54, 1.807) is 6.07 Å². The first kappa shape index (κ1) is 12.1. The largest absolute Gasteiger partial charge is 0.337 e. The fraction of sp³-hybridized carbons (Fsp3) is 0.308. The third-order valence-corrected chi connectivity index (χ3v) is 4.22. The fourth-order valence-corrected chi connectivity index (χ4v) is 3.40. The number of hydrogen-bond acceptors (Lipinski definition) is 1. The molecule has 0 radical (unpaired) electrons. The first-order chi connectivity index (χ1) is 8.63. The first-order valence-corrected chi connectivity index (χ1v) is 7.06. The van der Waals surface area contributed by atoms with Gasteiger partial charge in [-0.1, -0.05) is 15.9 Å². The summed E-state index contributed by atoms with van der Waals surface area (Å²) in [7, 11) is 0. The number of aromatic nitrogens is 2. The van der Waals surface area contributed by atoms with Crippen molar-refractivity contribution in [2.24, 2.45) is 0 Å². The highest BCUT2D eigenvalue weighted by molar-refractivity contribution is 9.10. The van der Waals surface area contributed by atoms with E-state index < -0.39 is 0 Å². The van der Waals surface area contributed by atoms with Crippen molar-refractivity contribution in [3.05, 3.63) is 50.7 Å². The van der Waals surface area contributed by atoms with Gasteiger partial charge in [-0.3, -0.25) is 0 Å². The van der Waals surface area contributed by atoms with Crippen molar-refractivity contribution in [3.63, 3.8) is 0 Å². The van der Waals surface area contributed by atoms with E-state index in [0.29, 0.717) is 5.92 Å². The normalized spacial score (nSPS) is 18.0. The van der Waals surface area contributed by atoms with Crippen LogP contribution in [0.25, 0.3) is 0 Å². The lowest BCUT2D eigenvalue weighted by molar-refractivity contribution is 0.616. The molecule has 0 bridgehead atoms. The molecule has 1 atom stereocenters. The summed E-state index contributed by atoms with van der Waals surface area (Å²) in [5.41, 5.74) is 2.26. The van der Waals surface area contributed by atoms with Gasteiger partial charge in [0.2, 0.25) is 0 Å². The van der Waals surface area contributed by atoms with E-state index in [1.165, 1.54) is 11.8 Å². The Bertz CT molecular complexity index is 626. The van der Waals surface area contributed by atoms with E-state index in [9.17, 15) is 4.39 Å². The highest BCUT2D eigenvalue weighted by Crippen LogP contribution is 2.31. The molecule has 1 unspecified atom stereocenters. The quantitative estimate of drug-likeness (QED) is 0.821. The van der Waals surface area contributed by atoms with E-state index in [2.05, 4.69) is 25.5 Å². The number of aromatic amines is 1. The van der Waals surface area contributed by atoms with Crippen molar-refractivity contribution in [3.8, 4) is 0 Å². The molecule has 2 heterocycles. The number of imidazole rings is 1. The molecular weight excluding hydrogens is 315 g/mol. The summed E-state index contributed by atoms with van der Waals surface area (Å²) in [6.45, 7) is 0.957. The first-order valence-electron chi connectivity index (χ1n) is 5.86. The maximum atomic E-state index is 13.3. The van der Waals surface area contributed by atoms with E-state index >= 15 is 0 Å². The van der Waals surface area contributed by atoms with Crippen LogP contribution >= 0.6 is 28.1 Å². The Hall–Kier alpha value is -0.940. The van der Waals surface area contributed by atoms with Crippen molar-refractivity contribution >= 4 is 28.1 Å². The van der Waals surface area contributed by atoms with Crippen LogP contribution in [0.15, 0.2) is 28.9 Å². The average Bonchev–Trinajstić information content (AvgIpc) is 2.83. The Morgan fingerprint density at radius 1 is 1.44 bits per heavy atom. The van der Waals surface area contributed by atoms with Gasteiger partial charge in [-0.15, -0.1) is 0 Å². The third kappa shape index (κ3) is 2.17. The molecule has 1 aromatic heterocycles. The zero-order chi connectivity index (χ0) is 12.7. The predicted octanol–water partition coefficient (Wildman–Crippen LogP) is 4.18. The lowest BCUT2D eigenvalue weighted by Crippen LogP contribution is -1.99.